The van der Waals surface area contributed by atoms with Crippen LogP contribution in [-0.4, -0.2) is 34.6 Å². The SMILES string of the molecule is Cc1ccncc1CN(C)CC(=O)O. The van der Waals surface area contributed by atoms with E-state index in [0.29, 0.717) is 6.54 Å². The van der Waals surface area contributed by atoms with E-state index in [-0.39, 0.29) is 6.54 Å². The number of hydrogen-bond donors (Lipinski definition) is 1. The monoisotopic (exact) mass is 194 g/mol. The van der Waals surface area contributed by atoms with E-state index in [1.54, 1.807) is 24.3 Å². The van der Waals surface area contributed by atoms with Crippen LogP contribution < -0.4 is 0 Å². The Morgan fingerprint density at radius 2 is 2.36 bits per heavy atom. The summed E-state index contributed by atoms with van der Waals surface area (Å²) < 4.78 is 0. The van der Waals surface area contributed by atoms with Gasteiger partial charge in [0.05, 0.1) is 6.54 Å². The molecule has 4 heteroatoms. The summed E-state index contributed by atoms with van der Waals surface area (Å²) in [6.45, 7) is 2.66. The molecule has 0 saturated heterocycles. The summed E-state index contributed by atoms with van der Waals surface area (Å²) in [6, 6.07) is 1.92. The van der Waals surface area contributed by atoms with Gasteiger partial charge in [-0.3, -0.25) is 14.7 Å². The highest BCUT2D eigenvalue weighted by molar-refractivity contribution is 5.69. The lowest BCUT2D eigenvalue weighted by atomic mass is 10.1. The van der Waals surface area contributed by atoms with Crippen LogP contribution in [0, 0.1) is 6.92 Å². The van der Waals surface area contributed by atoms with Gasteiger partial charge in [-0.05, 0) is 31.2 Å². The number of rotatable bonds is 4. The molecule has 0 unspecified atom stereocenters. The molecule has 0 saturated carbocycles. The van der Waals surface area contributed by atoms with Crippen molar-refractivity contribution in [1.29, 1.82) is 0 Å². The second kappa shape index (κ2) is 4.72. The number of nitrogens with zero attached hydrogens (tertiary/aromatic N) is 2. The normalized spacial score (nSPS) is 10.5. The molecule has 1 N–H and O–H groups in total. The zero-order valence-corrected chi connectivity index (χ0v) is 8.40. The first-order valence-electron chi connectivity index (χ1n) is 4.39. The van der Waals surface area contributed by atoms with Crippen molar-refractivity contribution in [2.24, 2.45) is 0 Å². The van der Waals surface area contributed by atoms with Gasteiger partial charge in [0.1, 0.15) is 0 Å². The minimum Gasteiger partial charge on any atom is -0.480 e. The summed E-state index contributed by atoms with van der Waals surface area (Å²) in [5.41, 5.74) is 2.20. The maximum atomic E-state index is 10.4. The molecule has 4 nitrogen and oxygen atoms in total. The van der Waals surface area contributed by atoms with Crippen molar-refractivity contribution in [1.82, 2.24) is 9.88 Å². The number of hydrogen-bond acceptors (Lipinski definition) is 3. The van der Waals surface area contributed by atoms with Crippen molar-refractivity contribution >= 4 is 5.97 Å². The third-order valence-electron chi connectivity index (χ3n) is 1.99. The van der Waals surface area contributed by atoms with Gasteiger partial charge in [-0.1, -0.05) is 0 Å². The molecule has 0 aromatic carbocycles. The first-order chi connectivity index (χ1) is 6.59. The highest BCUT2D eigenvalue weighted by atomic mass is 16.4. The number of carboxylic acids is 1. The molecule has 1 aromatic heterocycles. The Kier molecular flexibility index (Phi) is 3.59. The Morgan fingerprint density at radius 1 is 1.64 bits per heavy atom. The van der Waals surface area contributed by atoms with Gasteiger partial charge in [0, 0.05) is 18.9 Å². The van der Waals surface area contributed by atoms with E-state index < -0.39 is 5.97 Å². The first kappa shape index (κ1) is 10.7. The van der Waals surface area contributed by atoms with Gasteiger partial charge in [0.2, 0.25) is 0 Å². The third kappa shape index (κ3) is 3.14. The van der Waals surface area contributed by atoms with E-state index in [2.05, 4.69) is 4.98 Å². The predicted molar refractivity (Wildman–Crippen MR) is 52.9 cm³/mol. The molecule has 1 aromatic rings. The van der Waals surface area contributed by atoms with Gasteiger partial charge < -0.3 is 5.11 Å². The number of likely N-dealkylation sites (N-methyl/N-ethyl adjacent to an activating group) is 1. The molecule has 0 atom stereocenters. The number of carboxylic acid groups (broad SMARTS) is 1. The topological polar surface area (TPSA) is 53.4 Å². The lowest BCUT2D eigenvalue weighted by molar-refractivity contribution is -0.138. The molecule has 0 radical (unpaired) electrons. The molecule has 0 aliphatic heterocycles. The quantitative estimate of drug-likeness (QED) is 0.774. The van der Waals surface area contributed by atoms with Gasteiger partial charge in [-0.25, -0.2) is 0 Å². The third-order valence-corrected chi connectivity index (χ3v) is 1.99. The van der Waals surface area contributed by atoms with Crippen molar-refractivity contribution in [3.63, 3.8) is 0 Å². The second-order valence-electron chi connectivity index (χ2n) is 3.37. The highest BCUT2D eigenvalue weighted by Gasteiger charge is 2.06. The molecule has 1 rings (SSSR count). The van der Waals surface area contributed by atoms with Crippen LogP contribution in [0.25, 0.3) is 0 Å². The molecule has 0 amide bonds. The predicted octanol–water partition coefficient (Wildman–Crippen LogP) is 0.906. The van der Waals surface area contributed by atoms with E-state index in [1.807, 2.05) is 13.0 Å². The molecule has 14 heavy (non-hydrogen) atoms. The van der Waals surface area contributed by atoms with Crippen molar-refractivity contribution < 1.29 is 9.90 Å². The Balaban J connectivity index is 2.60. The Hall–Kier alpha value is -1.42. The maximum absolute atomic E-state index is 10.4. The van der Waals surface area contributed by atoms with Crippen LogP contribution in [0.1, 0.15) is 11.1 Å². The van der Waals surface area contributed by atoms with Crippen LogP contribution in [0.2, 0.25) is 0 Å². The first-order valence-corrected chi connectivity index (χ1v) is 4.39. The fraction of sp³-hybridized carbons (Fsp3) is 0.400. The van der Waals surface area contributed by atoms with Gasteiger partial charge in [-0.2, -0.15) is 0 Å². The van der Waals surface area contributed by atoms with Crippen LogP contribution in [0.15, 0.2) is 18.5 Å². The van der Waals surface area contributed by atoms with Crippen LogP contribution >= 0.6 is 0 Å². The molecule has 0 aliphatic rings. The van der Waals surface area contributed by atoms with Gasteiger partial charge in [-0.15, -0.1) is 0 Å². The zero-order chi connectivity index (χ0) is 10.6. The average molecular weight is 194 g/mol. The summed E-state index contributed by atoms with van der Waals surface area (Å²) >= 11 is 0. The maximum Gasteiger partial charge on any atom is 0.317 e. The van der Waals surface area contributed by atoms with Crippen molar-refractivity contribution in [2.45, 2.75) is 13.5 Å². The number of pyridine rings is 1. The van der Waals surface area contributed by atoms with Crippen molar-refractivity contribution in [3.05, 3.63) is 29.6 Å². The molecular formula is C10H14N2O2. The Bertz CT molecular complexity index is 326. The summed E-state index contributed by atoms with van der Waals surface area (Å²) in [5.74, 6) is -0.811. The van der Waals surface area contributed by atoms with E-state index in [1.165, 1.54) is 0 Å². The number of aliphatic carboxylic acids is 1. The van der Waals surface area contributed by atoms with Crippen LogP contribution in [0.5, 0.6) is 0 Å². The minimum absolute atomic E-state index is 0.0499. The molecule has 0 aliphatic carbocycles. The summed E-state index contributed by atoms with van der Waals surface area (Å²) in [5, 5.41) is 8.57. The largest absolute Gasteiger partial charge is 0.480 e. The Morgan fingerprint density at radius 3 is 2.93 bits per heavy atom. The molecule has 76 valence electrons. The molecule has 0 fully saturated rings. The summed E-state index contributed by atoms with van der Waals surface area (Å²) in [4.78, 5) is 16.2. The number of carbonyl (C=O) groups is 1. The summed E-state index contributed by atoms with van der Waals surface area (Å²) in [6.07, 6.45) is 3.50. The lowest BCUT2D eigenvalue weighted by Gasteiger charge is -2.14. The smallest absolute Gasteiger partial charge is 0.317 e. The lowest BCUT2D eigenvalue weighted by Crippen LogP contribution is -2.25. The zero-order valence-electron chi connectivity index (χ0n) is 8.40. The van der Waals surface area contributed by atoms with E-state index >= 15 is 0 Å². The second-order valence-corrected chi connectivity index (χ2v) is 3.37. The molecule has 1 heterocycles. The van der Waals surface area contributed by atoms with Crippen molar-refractivity contribution in [2.75, 3.05) is 13.6 Å². The minimum atomic E-state index is -0.811. The van der Waals surface area contributed by atoms with Gasteiger partial charge in [0.25, 0.3) is 0 Å². The fourth-order valence-corrected chi connectivity index (χ4v) is 1.24. The van der Waals surface area contributed by atoms with Gasteiger partial charge in [0.15, 0.2) is 0 Å². The Labute approximate surface area is 83.2 Å². The number of aryl methyl sites for hydroxylation is 1. The van der Waals surface area contributed by atoms with E-state index in [4.69, 9.17) is 5.11 Å². The standard InChI is InChI=1S/C10H14N2O2/c1-8-3-4-11-5-9(8)6-12(2)7-10(13)14/h3-5H,6-7H2,1-2H3,(H,13,14). The number of aromatic nitrogens is 1. The van der Waals surface area contributed by atoms with Crippen LogP contribution in [-0.2, 0) is 11.3 Å². The molecular weight excluding hydrogens is 180 g/mol. The van der Waals surface area contributed by atoms with Crippen molar-refractivity contribution in [3.8, 4) is 0 Å². The molecule has 0 bridgehead atoms. The molecule has 0 spiro atoms. The van der Waals surface area contributed by atoms with Crippen LogP contribution in [0.4, 0.5) is 0 Å². The van der Waals surface area contributed by atoms with Crippen LogP contribution in [0.3, 0.4) is 0 Å². The van der Waals surface area contributed by atoms with E-state index in [9.17, 15) is 4.79 Å². The average Bonchev–Trinajstić information content (AvgIpc) is 2.07. The fourth-order valence-electron chi connectivity index (χ4n) is 1.24. The van der Waals surface area contributed by atoms with E-state index in [0.717, 1.165) is 11.1 Å². The van der Waals surface area contributed by atoms with Gasteiger partial charge >= 0.3 is 5.97 Å². The highest BCUT2D eigenvalue weighted by Crippen LogP contribution is 2.07. The summed E-state index contributed by atoms with van der Waals surface area (Å²) in [7, 11) is 1.78.